The van der Waals surface area contributed by atoms with Crippen LogP contribution in [0.3, 0.4) is 0 Å². The van der Waals surface area contributed by atoms with E-state index in [0.29, 0.717) is 32.5 Å². The minimum Gasteiger partial charge on any atom is -0.393 e. The maximum atomic E-state index is 10.0. The first-order valence-corrected chi connectivity index (χ1v) is 3.78. The molecule has 2 N–H and O–H groups in total. The third kappa shape index (κ3) is 2.86. The Morgan fingerprint density at radius 3 is 3.18 bits per heavy atom. The van der Waals surface area contributed by atoms with Gasteiger partial charge in [0.2, 0.25) is 6.41 Å². The molecule has 0 aromatic rings. The highest BCUT2D eigenvalue weighted by Gasteiger charge is 2.17. The van der Waals surface area contributed by atoms with Crippen molar-refractivity contribution in [2.75, 3.05) is 13.2 Å². The molecule has 1 aliphatic heterocycles. The largest absolute Gasteiger partial charge is 0.393 e. The van der Waals surface area contributed by atoms with E-state index >= 15 is 0 Å². The number of hydrogen-bond donors (Lipinski definition) is 2. The van der Waals surface area contributed by atoms with Gasteiger partial charge < -0.3 is 15.2 Å². The Kier molecular flexibility index (Phi) is 3.32. The second-order valence-corrected chi connectivity index (χ2v) is 2.73. The van der Waals surface area contributed by atoms with Gasteiger partial charge in [0.1, 0.15) is 0 Å². The van der Waals surface area contributed by atoms with Gasteiger partial charge in [-0.15, -0.1) is 0 Å². The van der Waals surface area contributed by atoms with Crippen molar-refractivity contribution in [2.45, 2.75) is 25.0 Å². The summed E-state index contributed by atoms with van der Waals surface area (Å²) in [5, 5.41) is 11.8. The second-order valence-electron chi connectivity index (χ2n) is 2.73. The number of aliphatic hydroxyl groups excluding tert-OH is 1. The molecule has 1 aliphatic rings. The predicted molar refractivity (Wildman–Crippen MR) is 39.0 cm³/mol. The highest BCUT2D eigenvalue weighted by atomic mass is 16.5. The molecule has 1 unspecified atom stereocenters. The zero-order valence-electron chi connectivity index (χ0n) is 6.32. The molecule has 64 valence electrons. The molecule has 2 atom stereocenters. The monoisotopic (exact) mass is 159 g/mol. The van der Waals surface area contributed by atoms with Crippen molar-refractivity contribution < 1.29 is 14.6 Å². The topological polar surface area (TPSA) is 58.6 Å². The van der Waals surface area contributed by atoms with Crippen molar-refractivity contribution in [1.29, 1.82) is 0 Å². The average molecular weight is 159 g/mol. The third-order valence-corrected chi connectivity index (χ3v) is 1.77. The van der Waals surface area contributed by atoms with Crippen LogP contribution in [0, 0.1) is 0 Å². The van der Waals surface area contributed by atoms with Crippen LogP contribution in [0.25, 0.3) is 0 Å². The maximum Gasteiger partial charge on any atom is 0.207 e. The predicted octanol–water partition coefficient (Wildman–Crippen LogP) is -0.728. The number of aliphatic hydroxyl groups is 1. The molecule has 0 radical (unpaired) electrons. The van der Waals surface area contributed by atoms with Crippen molar-refractivity contribution in [3.63, 3.8) is 0 Å². The Morgan fingerprint density at radius 1 is 1.64 bits per heavy atom. The van der Waals surface area contributed by atoms with Gasteiger partial charge >= 0.3 is 0 Å². The Bertz CT molecular complexity index is 129. The van der Waals surface area contributed by atoms with Crippen LogP contribution in [0.2, 0.25) is 0 Å². The second kappa shape index (κ2) is 4.31. The molecule has 11 heavy (non-hydrogen) atoms. The zero-order chi connectivity index (χ0) is 8.10. The summed E-state index contributed by atoms with van der Waals surface area (Å²) in [7, 11) is 0. The van der Waals surface area contributed by atoms with Gasteiger partial charge in [0.25, 0.3) is 0 Å². The standard InChI is InChI=1S/C7H13NO3/c9-5-8-6-3-7(10)1-2-11-4-6/h5-7,10H,1-4H2,(H,8,9)/t6?,7-/m0/s1. The lowest BCUT2D eigenvalue weighted by molar-refractivity contribution is -0.110. The Morgan fingerprint density at radius 2 is 2.45 bits per heavy atom. The highest BCUT2D eigenvalue weighted by Crippen LogP contribution is 2.07. The summed E-state index contributed by atoms with van der Waals surface area (Å²) in [5.74, 6) is 0. The number of ether oxygens (including phenoxy) is 1. The van der Waals surface area contributed by atoms with Crippen molar-refractivity contribution in [2.24, 2.45) is 0 Å². The number of carbonyl (C=O) groups excluding carboxylic acids is 1. The summed E-state index contributed by atoms with van der Waals surface area (Å²) in [6.07, 6.45) is 1.57. The Balaban J connectivity index is 2.32. The molecule has 0 bridgehead atoms. The quantitative estimate of drug-likeness (QED) is 0.522. The minimum atomic E-state index is -0.338. The lowest BCUT2D eigenvalue weighted by atomic mass is 10.1. The number of rotatable bonds is 2. The molecule has 1 amide bonds. The summed E-state index contributed by atoms with van der Waals surface area (Å²) in [6.45, 7) is 1.09. The number of hydrogen-bond acceptors (Lipinski definition) is 3. The Labute approximate surface area is 65.5 Å². The fourth-order valence-corrected chi connectivity index (χ4v) is 1.17. The van der Waals surface area contributed by atoms with Gasteiger partial charge in [0, 0.05) is 6.61 Å². The van der Waals surface area contributed by atoms with Gasteiger partial charge in [0.05, 0.1) is 18.8 Å². The lowest BCUT2D eigenvalue weighted by Gasteiger charge is -2.13. The van der Waals surface area contributed by atoms with Crippen LogP contribution in [0.1, 0.15) is 12.8 Å². The summed E-state index contributed by atoms with van der Waals surface area (Å²) in [4.78, 5) is 10.0. The molecule has 4 heteroatoms. The molecule has 0 saturated carbocycles. The lowest BCUT2D eigenvalue weighted by Crippen LogP contribution is -2.33. The number of carbonyl (C=O) groups is 1. The summed E-state index contributed by atoms with van der Waals surface area (Å²) >= 11 is 0. The number of amides is 1. The van der Waals surface area contributed by atoms with E-state index in [1.807, 2.05) is 0 Å². The Hall–Kier alpha value is -0.610. The van der Waals surface area contributed by atoms with E-state index in [-0.39, 0.29) is 12.1 Å². The fourth-order valence-electron chi connectivity index (χ4n) is 1.17. The van der Waals surface area contributed by atoms with Crippen LogP contribution in [0.5, 0.6) is 0 Å². The van der Waals surface area contributed by atoms with Gasteiger partial charge in [-0.2, -0.15) is 0 Å². The minimum absolute atomic E-state index is 0.0231. The van der Waals surface area contributed by atoms with Crippen LogP contribution >= 0.6 is 0 Å². The molecule has 0 spiro atoms. The SMILES string of the molecule is O=CNC1COCC[C@H](O)C1. The third-order valence-electron chi connectivity index (χ3n) is 1.77. The fraction of sp³-hybridized carbons (Fsp3) is 0.857. The first-order chi connectivity index (χ1) is 5.33. The van der Waals surface area contributed by atoms with E-state index < -0.39 is 0 Å². The van der Waals surface area contributed by atoms with Crippen LogP contribution in [0.4, 0.5) is 0 Å². The molecule has 4 nitrogen and oxygen atoms in total. The van der Waals surface area contributed by atoms with Gasteiger partial charge in [0.15, 0.2) is 0 Å². The molecule has 1 heterocycles. The highest BCUT2D eigenvalue weighted by molar-refractivity contribution is 5.46. The van der Waals surface area contributed by atoms with E-state index in [4.69, 9.17) is 4.74 Å². The summed E-state index contributed by atoms with van der Waals surface area (Å²) in [6, 6.07) is -0.0231. The normalized spacial score (nSPS) is 32.5. The molecule has 0 aromatic heterocycles. The maximum absolute atomic E-state index is 10.0. The van der Waals surface area contributed by atoms with E-state index in [1.165, 1.54) is 0 Å². The first-order valence-electron chi connectivity index (χ1n) is 3.78. The van der Waals surface area contributed by atoms with Gasteiger partial charge in [-0.25, -0.2) is 0 Å². The summed E-state index contributed by atoms with van der Waals surface area (Å²) in [5.41, 5.74) is 0. The van der Waals surface area contributed by atoms with E-state index in [2.05, 4.69) is 5.32 Å². The van der Waals surface area contributed by atoms with Crippen LogP contribution in [-0.4, -0.2) is 36.9 Å². The smallest absolute Gasteiger partial charge is 0.207 e. The first kappa shape index (κ1) is 8.49. The van der Waals surface area contributed by atoms with Gasteiger partial charge in [-0.3, -0.25) is 4.79 Å². The van der Waals surface area contributed by atoms with Crippen LogP contribution in [0.15, 0.2) is 0 Å². The van der Waals surface area contributed by atoms with Gasteiger partial charge in [-0.1, -0.05) is 0 Å². The van der Waals surface area contributed by atoms with Crippen LogP contribution in [-0.2, 0) is 9.53 Å². The number of nitrogens with one attached hydrogen (secondary N) is 1. The average Bonchev–Trinajstić information content (AvgIpc) is 2.15. The van der Waals surface area contributed by atoms with E-state index in [1.54, 1.807) is 0 Å². The zero-order valence-corrected chi connectivity index (χ0v) is 6.32. The van der Waals surface area contributed by atoms with Crippen molar-refractivity contribution in [3.05, 3.63) is 0 Å². The molecule has 1 saturated heterocycles. The van der Waals surface area contributed by atoms with E-state index in [0.717, 1.165) is 0 Å². The van der Waals surface area contributed by atoms with E-state index in [9.17, 15) is 9.90 Å². The summed E-state index contributed by atoms with van der Waals surface area (Å²) < 4.78 is 5.15. The van der Waals surface area contributed by atoms with Crippen LogP contribution < -0.4 is 5.32 Å². The van der Waals surface area contributed by atoms with Crippen molar-refractivity contribution in [3.8, 4) is 0 Å². The molecular formula is C7H13NO3. The van der Waals surface area contributed by atoms with Gasteiger partial charge in [-0.05, 0) is 12.8 Å². The van der Waals surface area contributed by atoms with Crippen molar-refractivity contribution >= 4 is 6.41 Å². The van der Waals surface area contributed by atoms with Crippen molar-refractivity contribution in [1.82, 2.24) is 5.32 Å². The molecular weight excluding hydrogens is 146 g/mol. The molecule has 1 rings (SSSR count). The molecule has 0 aromatic carbocycles. The molecule has 1 fully saturated rings. The molecule has 0 aliphatic carbocycles.